The van der Waals surface area contributed by atoms with Crippen LogP contribution >= 0.6 is 11.6 Å². The Morgan fingerprint density at radius 3 is 2.61 bits per heavy atom. The number of nitrogens with zero attached hydrogens (tertiary/aromatic N) is 1. The number of nitrogens with one attached hydrogen (secondary N) is 1. The van der Waals surface area contributed by atoms with Crippen LogP contribution in [0.1, 0.15) is 30.9 Å². The smallest absolute Gasteiger partial charge is 0.251 e. The molecule has 0 aromatic heterocycles. The fourth-order valence-electron chi connectivity index (χ4n) is 3.79. The molecule has 5 nitrogen and oxygen atoms in total. The van der Waals surface area contributed by atoms with E-state index < -0.39 is 21.1 Å². The number of unbranched alkanes of at least 4 members (excludes halogenated alkanes) is 1. The Bertz CT molecular complexity index is 1200. The van der Waals surface area contributed by atoms with Gasteiger partial charge >= 0.3 is 0 Å². The molecule has 0 spiro atoms. The minimum atomic E-state index is -3.70. The Morgan fingerprint density at radius 2 is 1.87 bits per heavy atom. The maximum atomic E-state index is 13.5. The fraction of sp³-hybridized carbons (Fsp3) is 0.250. The number of hydrogen-bond donors (Lipinski definition) is 1. The molecule has 1 heterocycles. The van der Waals surface area contributed by atoms with Crippen LogP contribution in [0.2, 0.25) is 5.02 Å². The first-order valence-electron chi connectivity index (χ1n) is 10.3. The topological polar surface area (TPSA) is 75.6 Å². The highest BCUT2D eigenvalue weighted by atomic mass is 35.5. The molecule has 1 amide bonds. The Kier molecular flexibility index (Phi) is 6.12. The molecule has 0 bridgehead atoms. The van der Waals surface area contributed by atoms with Gasteiger partial charge in [-0.1, -0.05) is 67.4 Å². The zero-order valence-corrected chi connectivity index (χ0v) is 18.7. The van der Waals surface area contributed by atoms with Gasteiger partial charge in [0.15, 0.2) is 9.84 Å². The Labute approximate surface area is 187 Å². The molecule has 2 aromatic rings. The van der Waals surface area contributed by atoms with Crippen LogP contribution < -0.4 is 5.32 Å². The maximum absolute atomic E-state index is 13.5. The molecule has 1 aliphatic heterocycles. The van der Waals surface area contributed by atoms with Gasteiger partial charge in [-0.15, -0.1) is 0 Å². The van der Waals surface area contributed by atoms with Crippen LogP contribution in [0.4, 0.5) is 0 Å². The predicted octanol–water partition coefficient (Wildman–Crippen LogP) is 4.11. The van der Waals surface area contributed by atoms with Crippen LogP contribution in [0.25, 0.3) is 0 Å². The van der Waals surface area contributed by atoms with Crippen LogP contribution in [0.3, 0.4) is 0 Å². The van der Waals surface area contributed by atoms with Crippen LogP contribution in [0.15, 0.2) is 82.2 Å². The highest BCUT2D eigenvalue weighted by Crippen LogP contribution is 2.33. The number of carbonyl (C=O) groups is 1. The number of carbonyl (C=O) groups excluding carboxylic acids is 1. The van der Waals surface area contributed by atoms with Crippen molar-refractivity contribution in [1.82, 2.24) is 5.32 Å². The van der Waals surface area contributed by atoms with E-state index in [9.17, 15) is 13.2 Å². The number of hydrogen-bond acceptors (Lipinski definition) is 4. The molecule has 0 radical (unpaired) electrons. The summed E-state index contributed by atoms with van der Waals surface area (Å²) in [4.78, 5) is 17.6. The highest BCUT2D eigenvalue weighted by molar-refractivity contribution is 7.92. The lowest BCUT2D eigenvalue weighted by atomic mass is 9.99. The van der Waals surface area contributed by atoms with Crippen LogP contribution in [0, 0.1) is 0 Å². The Hall–Kier alpha value is -2.70. The van der Waals surface area contributed by atoms with E-state index in [4.69, 9.17) is 16.6 Å². The fourth-order valence-corrected chi connectivity index (χ4v) is 5.74. The maximum Gasteiger partial charge on any atom is 0.251 e. The van der Waals surface area contributed by atoms with Gasteiger partial charge in [0, 0.05) is 28.3 Å². The molecule has 0 saturated carbocycles. The van der Waals surface area contributed by atoms with E-state index in [2.05, 4.69) is 12.2 Å². The lowest BCUT2D eigenvalue weighted by molar-refractivity contribution is -0.117. The van der Waals surface area contributed by atoms with Gasteiger partial charge in [-0.2, -0.15) is 0 Å². The third-order valence-corrected chi connectivity index (χ3v) is 7.81. The lowest BCUT2D eigenvalue weighted by Crippen LogP contribution is -2.34. The molecule has 160 valence electrons. The molecule has 7 heteroatoms. The summed E-state index contributed by atoms with van der Waals surface area (Å²) in [6, 6.07) is 13.3. The SMILES string of the molecule is CCCCNC(=O)C1=CC2N=C(c3ccc(Cl)cc3)c3ccccc3S(=O)(=O)C2C=C1. The Balaban J connectivity index is 1.82. The van der Waals surface area contributed by atoms with Crippen molar-refractivity contribution in [2.75, 3.05) is 6.54 Å². The van der Waals surface area contributed by atoms with Crippen molar-refractivity contribution >= 4 is 33.1 Å². The molecule has 1 aliphatic carbocycles. The summed E-state index contributed by atoms with van der Waals surface area (Å²) >= 11 is 6.05. The number of benzene rings is 2. The van der Waals surface area contributed by atoms with Gasteiger partial charge in [-0.3, -0.25) is 9.79 Å². The normalized spacial score (nSPS) is 21.2. The quantitative estimate of drug-likeness (QED) is 0.690. The summed E-state index contributed by atoms with van der Waals surface area (Å²) in [5.74, 6) is -0.217. The molecular formula is C24H23ClN2O3S. The molecule has 2 aromatic carbocycles. The van der Waals surface area contributed by atoms with Crippen molar-refractivity contribution in [2.45, 2.75) is 36.0 Å². The second-order valence-corrected chi connectivity index (χ2v) is 10.1. The summed E-state index contributed by atoms with van der Waals surface area (Å²) in [5.41, 5.74) is 2.32. The summed E-state index contributed by atoms with van der Waals surface area (Å²) in [5, 5.41) is 2.60. The minimum Gasteiger partial charge on any atom is -0.352 e. The van der Waals surface area contributed by atoms with E-state index in [1.165, 1.54) is 0 Å². The number of aliphatic imine (C=N–C) groups is 1. The second kappa shape index (κ2) is 8.81. The standard InChI is InChI=1S/C24H23ClN2O3S/c1-2-3-14-26-24(28)17-10-13-22-20(15-17)27-23(16-8-11-18(25)12-9-16)19-6-4-5-7-21(19)31(22,29)30/h4-13,15,20,22H,2-3,14H2,1H3,(H,26,28). The van der Waals surface area contributed by atoms with E-state index in [1.807, 2.05) is 12.1 Å². The molecule has 4 rings (SSSR count). The molecule has 0 saturated heterocycles. The summed E-state index contributed by atoms with van der Waals surface area (Å²) < 4.78 is 27.0. The van der Waals surface area contributed by atoms with Gasteiger partial charge in [0.25, 0.3) is 5.91 Å². The van der Waals surface area contributed by atoms with Crippen LogP contribution in [-0.4, -0.2) is 37.9 Å². The number of sulfone groups is 1. The van der Waals surface area contributed by atoms with Gasteiger partial charge in [0.05, 0.1) is 16.6 Å². The van der Waals surface area contributed by atoms with Gasteiger partial charge in [-0.25, -0.2) is 8.42 Å². The van der Waals surface area contributed by atoms with Gasteiger partial charge < -0.3 is 5.32 Å². The summed E-state index contributed by atoms with van der Waals surface area (Å²) in [7, 11) is -3.70. The summed E-state index contributed by atoms with van der Waals surface area (Å²) in [6.45, 7) is 2.63. The average molecular weight is 455 g/mol. The number of fused-ring (bicyclic) bond motifs is 2. The van der Waals surface area contributed by atoms with Crippen molar-refractivity contribution in [3.05, 3.63) is 88.5 Å². The minimum absolute atomic E-state index is 0.217. The Morgan fingerprint density at radius 1 is 1.13 bits per heavy atom. The number of rotatable bonds is 5. The summed E-state index contributed by atoms with van der Waals surface area (Å²) in [6.07, 6.45) is 6.69. The van der Waals surface area contributed by atoms with E-state index in [0.717, 1.165) is 18.4 Å². The van der Waals surface area contributed by atoms with Gasteiger partial charge in [0.1, 0.15) is 5.25 Å². The van der Waals surface area contributed by atoms with Crippen LogP contribution in [0.5, 0.6) is 0 Å². The monoisotopic (exact) mass is 454 g/mol. The zero-order valence-electron chi connectivity index (χ0n) is 17.1. The molecule has 2 aliphatic rings. The largest absolute Gasteiger partial charge is 0.352 e. The first-order valence-corrected chi connectivity index (χ1v) is 12.2. The van der Waals surface area contributed by atoms with Gasteiger partial charge in [-0.05, 0) is 30.7 Å². The first-order chi connectivity index (χ1) is 14.9. The van der Waals surface area contributed by atoms with Crippen LogP contribution in [-0.2, 0) is 14.6 Å². The lowest BCUT2D eigenvalue weighted by Gasteiger charge is -2.22. The first kappa shape index (κ1) is 21.5. The van der Waals surface area contributed by atoms with E-state index in [-0.39, 0.29) is 10.8 Å². The van der Waals surface area contributed by atoms with Crippen molar-refractivity contribution in [1.29, 1.82) is 0 Å². The van der Waals surface area contributed by atoms with E-state index in [0.29, 0.717) is 28.4 Å². The molecule has 31 heavy (non-hydrogen) atoms. The molecule has 1 N–H and O–H groups in total. The van der Waals surface area contributed by atoms with Crippen molar-refractivity contribution in [3.63, 3.8) is 0 Å². The number of halogens is 1. The molecular weight excluding hydrogens is 432 g/mol. The molecule has 2 atom stereocenters. The van der Waals surface area contributed by atoms with Gasteiger partial charge in [0.2, 0.25) is 0 Å². The highest BCUT2D eigenvalue weighted by Gasteiger charge is 2.39. The predicted molar refractivity (Wildman–Crippen MR) is 123 cm³/mol. The zero-order chi connectivity index (χ0) is 22.0. The second-order valence-electron chi connectivity index (χ2n) is 7.57. The van der Waals surface area contributed by atoms with Crippen molar-refractivity contribution < 1.29 is 13.2 Å². The van der Waals surface area contributed by atoms with Crippen molar-refractivity contribution in [3.8, 4) is 0 Å². The van der Waals surface area contributed by atoms with Crippen molar-refractivity contribution in [2.24, 2.45) is 4.99 Å². The molecule has 2 unspecified atom stereocenters. The third-order valence-electron chi connectivity index (χ3n) is 5.43. The van der Waals surface area contributed by atoms with E-state index in [1.54, 1.807) is 54.6 Å². The average Bonchev–Trinajstić information content (AvgIpc) is 2.87. The van der Waals surface area contributed by atoms with E-state index >= 15 is 0 Å². The molecule has 0 fully saturated rings. The third kappa shape index (κ3) is 4.23. The number of amides is 1.